The first-order chi connectivity index (χ1) is 4.17. The van der Waals surface area contributed by atoms with E-state index in [1.165, 1.54) is 0 Å². The Labute approximate surface area is 62.7 Å². The van der Waals surface area contributed by atoms with Crippen LogP contribution in [-0.2, 0) is 4.74 Å². The second kappa shape index (κ2) is 2.54. The molecule has 0 spiro atoms. The molecule has 1 nitrogen and oxygen atoms in total. The van der Waals surface area contributed by atoms with Crippen molar-refractivity contribution in [2.45, 2.75) is 17.4 Å². The molecule has 1 rings (SSSR count). The van der Waals surface area contributed by atoms with Crippen LogP contribution in [0.3, 0.4) is 0 Å². The highest BCUT2D eigenvalue weighted by Crippen LogP contribution is 2.54. The van der Waals surface area contributed by atoms with Crippen LogP contribution in [0.5, 0.6) is 0 Å². The molecule has 0 N–H and O–H groups in total. The summed E-state index contributed by atoms with van der Waals surface area (Å²) in [5, 5.41) is 0. The Kier molecular flexibility index (Phi) is 2.11. The van der Waals surface area contributed by atoms with Gasteiger partial charge in [0.2, 0.25) is 0 Å². The van der Waals surface area contributed by atoms with Crippen molar-refractivity contribution in [1.82, 2.24) is 0 Å². The number of alkyl halides is 2. The second-order valence-corrected chi connectivity index (χ2v) is 3.76. The van der Waals surface area contributed by atoms with E-state index in [1.54, 1.807) is 7.11 Å². The molecule has 0 amide bonds. The van der Waals surface area contributed by atoms with Crippen molar-refractivity contribution in [3.63, 3.8) is 0 Å². The molecule has 0 heterocycles. The van der Waals surface area contributed by atoms with Gasteiger partial charge in [-0.15, -0.1) is 0 Å². The molecular formula is C6H10BrFO. The van der Waals surface area contributed by atoms with E-state index in [0.29, 0.717) is 13.0 Å². The highest BCUT2D eigenvalue weighted by Gasteiger charge is 2.52. The smallest absolute Gasteiger partial charge is 0.168 e. The van der Waals surface area contributed by atoms with Crippen LogP contribution < -0.4 is 0 Å². The van der Waals surface area contributed by atoms with Crippen LogP contribution in [0.2, 0.25) is 0 Å². The number of ether oxygens (including phenoxy) is 1. The van der Waals surface area contributed by atoms with Gasteiger partial charge in [0.15, 0.2) is 4.58 Å². The van der Waals surface area contributed by atoms with E-state index in [0.717, 1.165) is 6.42 Å². The Balaban J connectivity index is 2.06. The van der Waals surface area contributed by atoms with Crippen molar-refractivity contribution in [3.8, 4) is 0 Å². The lowest BCUT2D eigenvalue weighted by atomic mass is 10.3. The fraction of sp³-hybridized carbons (Fsp3) is 1.00. The third-order valence-electron chi connectivity index (χ3n) is 1.63. The van der Waals surface area contributed by atoms with E-state index in [4.69, 9.17) is 4.74 Å². The molecule has 54 valence electrons. The molecule has 1 aliphatic carbocycles. The molecule has 0 bridgehead atoms. The van der Waals surface area contributed by atoms with Gasteiger partial charge in [-0.2, -0.15) is 0 Å². The molecule has 2 unspecified atom stereocenters. The van der Waals surface area contributed by atoms with Gasteiger partial charge in [0.1, 0.15) is 0 Å². The van der Waals surface area contributed by atoms with Crippen LogP contribution in [0.4, 0.5) is 4.39 Å². The van der Waals surface area contributed by atoms with Crippen LogP contribution in [0.1, 0.15) is 12.8 Å². The summed E-state index contributed by atoms with van der Waals surface area (Å²) in [7, 11) is 1.64. The largest absolute Gasteiger partial charge is 0.385 e. The van der Waals surface area contributed by atoms with E-state index >= 15 is 0 Å². The highest BCUT2D eigenvalue weighted by atomic mass is 79.9. The number of methoxy groups -OCH3 is 1. The first-order valence-electron chi connectivity index (χ1n) is 3.03. The first-order valence-corrected chi connectivity index (χ1v) is 3.83. The third kappa shape index (κ3) is 1.90. The van der Waals surface area contributed by atoms with Gasteiger partial charge in [0.05, 0.1) is 0 Å². The van der Waals surface area contributed by atoms with Gasteiger partial charge in [0, 0.05) is 19.6 Å². The highest BCUT2D eigenvalue weighted by molar-refractivity contribution is 9.10. The monoisotopic (exact) mass is 196 g/mol. The van der Waals surface area contributed by atoms with Crippen molar-refractivity contribution < 1.29 is 9.13 Å². The summed E-state index contributed by atoms with van der Waals surface area (Å²) in [6.07, 6.45) is 1.48. The van der Waals surface area contributed by atoms with Crippen molar-refractivity contribution >= 4 is 15.9 Å². The van der Waals surface area contributed by atoms with Crippen molar-refractivity contribution in [2.75, 3.05) is 13.7 Å². The summed E-state index contributed by atoms with van der Waals surface area (Å²) in [6.45, 7) is 0.669. The molecule has 1 saturated carbocycles. The number of halogens is 2. The number of hydrogen-bond acceptors (Lipinski definition) is 1. The molecular weight excluding hydrogens is 187 g/mol. The van der Waals surface area contributed by atoms with Crippen molar-refractivity contribution in [2.24, 2.45) is 5.92 Å². The van der Waals surface area contributed by atoms with E-state index < -0.39 is 4.58 Å². The minimum Gasteiger partial charge on any atom is -0.385 e. The van der Waals surface area contributed by atoms with Gasteiger partial charge in [-0.05, 0) is 28.8 Å². The second-order valence-electron chi connectivity index (χ2n) is 2.44. The fourth-order valence-corrected chi connectivity index (χ4v) is 1.46. The molecule has 0 aromatic heterocycles. The predicted molar refractivity (Wildman–Crippen MR) is 37.4 cm³/mol. The topological polar surface area (TPSA) is 9.23 Å². The molecule has 0 aromatic rings. The van der Waals surface area contributed by atoms with Crippen LogP contribution in [0.25, 0.3) is 0 Å². The maximum absolute atomic E-state index is 12.6. The fourth-order valence-electron chi connectivity index (χ4n) is 0.843. The maximum Gasteiger partial charge on any atom is 0.168 e. The molecule has 9 heavy (non-hydrogen) atoms. The predicted octanol–water partition coefficient (Wildman–Crippen LogP) is 2.10. The van der Waals surface area contributed by atoms with Crippen molar-refractivity contribution in [3.05, 3.63) is 0 Å². The summed E-state index contributed by atoms with van der Waals surface area (Å²) >= 11 is 2.96. The van der Waals surface area contributed by atoms with E-state index in [2.05, 4.69) is 15.9 Å². The molecule has 0 radical (unpaired) electrons. The molecule has 1 fully saturated rings. The quantitative estimate of drug-likeness (QED) is 0.629. The van der Waals surface area contributed by atoms with E-state index in [1.807, 2.05) is 0 Å². The van der Waals surface area contributed by atoms with Crippen molar-refractivity contribution in [1.29, 1.82) is 0 Å². The lowest BCUT2D eigenvalue weighted by molar-refractivity contribution is 0.185. The molecule has 3 heteroatoms. The Hall–Kier alpha value is 0.370. The maximum atomic E-state index is 12.6. The summed E-state index contributed by atoms with van der Waals surface area (Å²) in [5.41, 5.74) is 0. The van der Waals surface area contributed by atoms with Crippen LogP contribution in [0, 0.1) is 5.92 Å². The molecule has 0 aromatic carbocycles. The van der Waals surface area contributed by atoms with Gasteiger partial charge in [-0.25, -0.2) is 4.39 Å². The summed E-state index contributed by atoms with van der Waals surface area (Å²) in [4.78, 5) is 0. The lowest BCUT2D eigenvalue weighted by Crippen LogP contribution is -1.95. The molecule has 0 aliphatic heterocycles. The average molecular weight is 197 g/mol. The lowest BCUT2D eigenvalue weighted by Gasteiger charge is -1.96. The minimum atomic E-state index is -1.05. The number of rotatable bonds is 3. The zero-order valence-electron chi connectivity index (χ0n) is 5.36. The number of hydrogen-bond donors (Lipinski definition) is 0. The van der Waals surface area contributed by atoms with Gasteiger partial charge in [-0.1, -0.05) is 0 Å². The molecule has 1 aliphatic rings. The zero-order chi connectivity index (χ0) is 6.91. The van der Waals surface area contributed by atoms with Crippen LogP contribution in [0.15, 0.2) is 0 Å². The summed E-state index contributed by atoms with van der Waals surface area (Å²) in [5.74, 6) is 0.192. The van der Waals surface area contributed by atoms with E-state index in [-0.39, 0.29) is 5.92 Å². The van der Waals surface area contributed by atoms with Gasteiger partial charge in [0.25, 0.3) is 0 Å². The Morgan fingerprint density at radius 3 is 2.78 bits per heavy atom. The zero-order valence-corrected chi connectivity index (χ0v) is 6.95. The normalized spacial score (nSPS) is 41.0. The average Bonchev–Trinajstić information content (AvgIpc) is 2.35. The van der Waals surface area contributed by atoms with Gasteiger partial charge in [-0.3, -0.25) is 0 Å². The minimum absolute atomic E-state index is 0.192. The third-order valence-corrected chi connectivity index (χ3v) is 2.60. The van der Waals surface area contributed by atoms with E-state index in [9.17, 15) is 4.39 Å². The Bertz CT molecular complexity index is 105. The Morgan fingerprint density at radius 1 is 1.89 bits per heavy atom. The Morgan fingerprint density at radius 2 is 2.44 bits per heavy atom. The van der Waals surface area contributed by atoms with Gasteiger partial charge >= 0.3 is 0 Å². The summed E-state index contributed by atoms with van der Waals surface area (Å²) < 4.78 is 16.4. The summed E-state index contributed by atoms with van der Waals surface area (Å²) in [6, 6.07) is 0. The standard InChI is InChI=1S/C6H10BrFO/c1-9-3-2-5-4-6(5,7)8/h5H,2-4H2,1H3. The van der Waals surface area contributed by atoms with Gasteiger partial charge < -0.3 is 4.74 Å². The van der Waals surface area contributed by atoms with Crippen LogP contribution >= 0.6 is 15.9 Å². The SMILES string of the molecule is COCCC1CC1(F)Br. The molecule has 0 saturated heterocycles. The van der Waals surface area contributed by atoms with Crippen LogP contribution in [-0.4, -0.2) is 18.3 Å². The first kappa shape index (κ1) is 7.48. The molecule has 2 atom stereocenters.